The van der Waals surface area contributed by atoms with Crippen molar-refractivity contribution >= 4 is 17.0 Å². The van der Waals surface area contributed by atoms with Crippen LogP contribution in [0.15, 0.2) is 24.3 Å². The van der Waals surface area contributed by atoms with Crippen LogP contribution in [0.25, 0.3) is 11.0 Å². The van der Waals surface area contributed by atoms with E-state index >= 15 is 0 Å². The Balaban J connectivity index is 1.13. The summed E-state index contributed by atoms with van der Waals surface area (Å²) in [6, 6.07) is 11.6. The number of carboxylic acid groups (broad SMARTS) is 1. The van der Waals surface area contributed by atoms with E-state index in [4.69, 9.17) is 10.1 Å². The van der Waals surface area contributed by atoms with Gasteiger partial charge in [0.05, 0.1) is 17.5 Å². The first-order chi connectivity index (χ1) is 19.5. The maximum atomic E-state index is 11.1. The normalized spacial score (nSPS) is 37.0. The highest BCUT2D eigenvalue weighted by molar-refractivity contribution is 5.76. The molecule has 5 fully saturated rings. The van der Waals surface area contributed by atoms with Crippen molar-refractivity contribution in [2.75, 3.05) is 19.6 Å². The molecule has 4 heterocycles. The molecule has 6 heteroatoms. The number of carbonyl (C=O) groups is 1. The average Bonchev–Trinajstić information content (AvgIpc) is 3.50. The highest BCUT2D eigenvalue weighted by Crippen LogP contribution is 2.49. The molecular weight excluding hydrogens is 496 g/mol. The van der Waals surface area contributed by atoms with Gasteiger partial charge in [0.15, 0.2) is 0 Å². The van der Waals surface area contributed by atoms with E-state index < -0.39 is 5.97 Å². The van der Waals surface area contributed by atoms with Crippen molar-refractivity contribution in [3.8, 4) is 0 Å². The lowest BCUT2D eigenvalue weighted by atomic mass is 9.71. The van der Waals surface area contributed by atoms with Gasteiger partial charge in [0, 0.05) is 43.7 Å². The van der Waals surface area contributed by atoms with Crippen LogP contribution in [0, 0.1) is 23.7 Å². The number of rotatable bonds is 7. The molecule has 2 aromatic rings. The zero-order valence-electron chi connectivity index (χ0n) is 24.6. The number of aromatic nitrogens is 2. The lowest BCUT2D eigenvalue weighted by Gasteiger charge is -2.56. The minimum absolute atomic E-state index is 0.243. The van der Waals surface area contributed by atoms with Gasteiger partial charge in [-0.15, -0.1) is 0 Å². The van der Waals surface area contributed by atoms with Crippen molar-refractivity contribution in [1.82, 2.24) is 19.4 Å². The van der Waals surface area contributed by atoms with Crippen LogP contribution in [-0.4, -0.2) is 68.2 Å². The zero-order chi connectivity index (χ0) is 27.2. The number of likely N-dealkylation sites (tertiary alicyclic amines) is 1. The number of benzene rings is 1. The van der Waals surface area contributed by atoms with Gasteiger partial charge < -0.3 is 14.6 Å². The van der Waals surface area contributed by atoms with Gasteiger partial charge in [-0.25, -0.2) is 4.98 Å². The number of fused-ring (bicyclic) bond motifs is 5. The second-order valence-electron chi connectivity index (χ2n) is 14.4. The van der Waals surface area contributed by atoms with Crippen LogP contribution in [0.5, 0.6) is 0 Å². The summed E-state index contributed by atoms with van der Waals surface area (Å²) in [4.78, 5) is 21.8. The number of para-hydroxylation sites is 2. The molecule has 3 aliphatic heterocycles. The van der Waals surface area contributed by atoms with Crippen molar-refractivity contribution < 1.29 is 9.90 Å². The number of imidazole rings is 1. The van der Waals surface area contributed by atoms with Crippen LogP contribution in [0.2, 0.25) is 0 Å². The summed E-state index contributed by atoms with van der Waals surface area (Å²) in [5, 5.41) is 9.13. The summed E-state index contributed by atoms with van der Waals surface area (Å²) in [7, 11) is 0. The Morgan fingerprint density at radius 2 is 1.73 bits per heavy atom. The van der Waals surface area contributed by atoms with E-state index in [1.54, 1.807) is 0 Å². The molecule has 218 valence electrons. The monoisotopic (exact) mass is 546 g/mol. The Labute approximate surface area is 240 Å². The summed E-state index contributed by atoms with van der Waals surface area (Å²) in [6.07, 6.45) is 18.0. The molecule has 0 spiro atoms. The molecule has 0 radical (unpaired) electrons. The first-order valence-corrected chi connectivity index (χ1v) is 16.7. The van der Waals surface area contributed by atoms with Gasteiger partial charge in [-0.2, -0.15) is 0 Å². The SMILES string of the molecule is C[C@@H]1CC[C@H]2C[C@@H](n3c(C[C@@H]4CCN(CCC(=O)O)C4)nc4ccccc43)C[C@@H]1N2C1C[C@H]2CCCC[C@@H](C1)C2. The summed E-state index contributed by atoms with van der Waals surface area (Å²) < 4.78 is 2.69. The van der Waals surface area contributed by atoms with Gasteiger partial charge in [0.2, 0.25) is 0 Å². The van der Waals surface area contributed by atoms with E-state index in [-0.39, 0.29) is 6.42 Å². The maximum absolute atomic E-state index is 11.1. The predicted octanol–water partition coefficient (Wildman–Crippen LogP) is 6.54. The molecular formula is C34H50N4O2. The molecule has 0 amide bonds. The molecule has 8 atom stereocenters. The number of aliphatic carboxylic acids is 1. The number of nitrogens with zero attached hydrogens (tertiary/aromatic N) is 4. The highest BCUT2D eigenvalue weighted by atomic mass is 16.4. The Morgan fingerprint density at radius 3 is 2.52 bits per heavy atom. The third-order valence-corrected chi connectivity index (χ3v) is 11.8. The van der Waals surface area contributed by atoms with E-state index in [1.165, 1.54) is 82.0 Å². The molecule has 7 rings (SSSR count). The van der Waals surface area contributed by atoms with Gasteiger partial charge in [0.25, 0.3) is 0 Å². The van der Waals surface area contributed by atoms with Crippen molar-refractivity contribution in [1.29, 1.82) is 0 Å². The Bertz CT molecular complexity index is 1180. The molecule has 1 aromatic heterocycles. The first-order valence-electron chi connectivity index (χ1n) is 16.7. The molecule has 1 N–H and O–H groups in total. The molecule has 6 nitrogen and oxygen atoms in total. The fraction of sp³-hybridized carbons (Fsp3) is 0.765. The van der Waals surface area contributed by atoms with Crippen LogP contribution in [0.3, 0.4) is 0 Å². The number of carboxylic acids is 1. The second-order valence-corrected chi connectivity index (χ2v) is 14.4. The van der Waals surface area contributed by atoms with Crippen molar-refractivity contribution in [2.45, 2.75) is 121 Å². The predicted molar refractivity (Wildman–Crippen MR) is 159 cm³/mol. The van der Waals surface area contributed by atoms with E-state index in [0.717, 1.165) is 61.3 Å². The minimum atomic E-state index is -0.691. The van der Waals surface area contributed by atoms with Crippen molar-refractivity contribution in [3.63, 3.8) is 0 Å². The third-order valence-electron chi connectivity index (χ3n) is 11.8. The number of piperidine rings is 2. The van der Waals surface area contributed by atoms with Crippen molar-refractivity contribution in [3.05, 3.63) is 30.1 Å². The van der Waals surface area contributed by atoms with Gasteiger partial charge >= 0.3 is 5.97 Å². The van der Waals surface area contributed by atoms with Gasteiger partial charge in [-0.1, -0.05) is 44.7 Å². The Kier molecular flexibility index (Phi) is 7.68. The molecule has 3 saturated heterocycles. The standard InChI is InChI=1S/C34H50N4O2/c1-23-10-11-27-20-29(21-32(23)37(27)28-17-24-6-2-3-7-25(16-24)18-28)38-31-9-5-4-8-30(31)35-33(38)19-26-12-14-36(22-26)15-13-34(39)40/h4-5,8-9,23-29,32H,2-3,6-7,10-22H2,1H3,(H,39,40)/t23-,24-,25+,26+,27+,28?,29-,32+/m1/s1. The third kappa shape index (κ3) is 5.35. The summed E-state index contributed by atoms with van der Waals surface area (Å²) in [5.74, 6) is 3.88. The lowest BCUT2D eigenvalue weighted by Crippen LogP contribution is -2.60. The highest BCUT2D eigenvalue weighted by Gasteiger charge is 2.47. The first kappa shape index (κ1) is 26.9. The van der Waals surface area contributed by atoms with Crippen LogP contribution in [-0.2, 0) is 11.2 Å². The van der Waals surface area contributed by atoms with E-state index in [0.29, 0.717) is 24.5 Å². The Morgan fingerprint density at radius 1 is 0.925 bits per heavy atom. The number of hydrogen-bond donors (Lipinski definition) is 1. The van der Waals surface area contributed by atoms with E-state index in [1.807, 2.05) is 0 Å². The summed E-state index contributed by atoms with van der Waals surface area (Å²) >= 11 is 0. The smallest absolute Gasteiger partial charge is 0.304 e. The van der Waals surface area contributed by atoms with Crippen LogP contribution in [0.4, 0.5) is 0 Å². The molecule has 2 aliphatic carbocycles. The topological polar surface area (TPSA) is 61.6 Å². The minimum Gasteiger partial charge on any atom is -0.481 e. The van der Waals surface area contributed by atoms with Gasteiger partial charge in [0.1, 0.15) is 5.82 Å². The summed E-state index contributed by atoms with van der Waals surface area (Å²) in [5.41, 5.74) is 2.47. The number of hydrogen-bond acceptors (Lipinski definition) is 4. The quantitative estimate of drug-likeness (QED) is 0.427. The molecule has 5 aliphatic rings. The van der Waals surface area contributed by atoms with E-state index in [9.17, 15) is 4.79 Å². The molecule has 4 bridgehead atoms. The largest absolute Gasteiger partial charge is 0.481 e. The van der Waals surface area contributed by atoms with Crippen LogP contribution >= 0.6 is 0 Å². The fourth-order valence-electron chi connectivity index (χ4n) is 9.97. The fourth-order valence-corrected chi connectivity index (χ4v) is 9.97. The lowest BCUT2D eigenvalue weighted by molar-refractivity contribution is -0.137. The van der Waals surface area contributed by atoms with Gasteiger partial charge in [-0.3, -0.25) is 9.69 Å². The van der Waals surface area contributed by atoms with Crippen LogP contribution in [0.1, 0.15) is 102 Å². The van der Waals surface area contributed by atoms with Crippen molar-refractivity contribution in [2.24, 2.45) is 23.7 Å². The maximum Gasteiger partial charge on any atom is 0.304 e. The molecule has 40 heavy (non-hydrogen) atoms. The molecule has 1 aromatic carbocycles. The average molecular weight is 547 g/mol. The van der Waals surface area contributed by atoms with E-state index in [2.05, 4.69) is 45.6 Å². The summed E-state index contributed by atoms with van der Waals surface area (Å²) in [6.45, 7) is 5.23. The molecule has 2 saturated carbocycles. The molecule has 1 unspecified atom stereocenters. The Hall–Kier alpha value is -1.92. The zero-order valence-corrected chi connectivity index (χ0v) is 24.6. The van der Waals surface area contributed by atoms with Gasteiger partial charge in [-0.05, 0) is 93.7 Å². The second kappa shape index (κ2) is 11.4. The van der Waals surface area contributed by atoms with Crippen LogP contribution < -0.4 is 0 Å².